The van der Waals surface area contributed by atoms with Gasteiger partial charge in [0.15, 0.2) is 12.2 Å². The quantitative estimate of drug-likeness (QED) is 0.0222. The smallest absolute Gasteiger partial charge is 0.462 e. The van der Waals surface area contributed by atoms with Crippen molar-refractivity contribution in [2.24, 2.45) is 5.92 Å². The Morgan fingerprint density at radius 2 is 0.539 bits per heavy atom. The molecule has 0 aliphatic rings. The van der Waals surface area contributed by atoms with Gasteiger partial charge >= 0.3 is 39.5 Å². The van der Waals surface area contributed by atoms with Crippen molar-refractivity contribution in [2.45, 2.75) is 380 Å². The fourth-order valence-electron chi connectivity index (χ4n) is 10.6. The highest BCUT2D eigenvalue weighted by molar-refractivity contribution is 7.47. The number of unbranched alkanes of at least 4 members (excludes halogenated alkanes) is 41. The summed E-state index contributed by atoms with van der Waals surface area (Å²) < 4.78 is 68.2. The molecule has 0 aromatic heterocycles. The first-order chi connectivity index (χ1) is 43.1. The van der Waals surface area contributed by atoms with Crippen molar-refractivity contribution in [3.63, 3.8) is 0 Å². The largest absolute Gasteiger partial charge is 0.472 e. The Bertz CT molecular complexity index is 1720. The van der Waals surface area contributed by atoms with Crippen molar-refractivity contribution in [1.82, 2.24) is 0 Å². The van der Waals surface area contributed by atoms with Crippen LogP contribution in [-0.4, -0.2) is 96.7 Å². The van der Waals surface area contributed by atoms with Crippen LogP contribution in [0.25, 0.3) is 0 Å². The van der Waals surface area contributed by atoms with Crippen LogP contribution in [0, 0.1) is 5.92 Å². The van der Waals surface area contributed by atoms with E-state index in [1.807, 2.05) is 0 Å². The van der Waals surface area contributed by atoms with Crippen LogP contribution in [0.15, 0.2) is 0 Å². The topological polar surface area (TPSA) is 237 Å². The molecule has 3 unspecified atom stereocenters. The van der Waals surface area contributed by atoms with Gasteiger partial charge in [0.2, 0.25) is 0 Å². The molecule has 0 heterocycles. The Labute approximate surface area is 543 Å². The summed E-state index contributed by atoms with van der Waals surface area (Å²) in [5, 5.41) is 10.6. The number of phosphoric ester groups is 2. The first kappa shape index (κ1) is 87.1. The minimum Gasteiger partial charge on any atom is -0.462 e. The van der Waals surface area contributed by atoms with E-state index in [0.29, 0.717) is 25.7 Å². The van der Waals surface area contributed by atoms with Crippen molar-refractivity contribution in [3.8, 4) is 0 Å². The van der Waals surface area contributed by atoms with Gasteiger partial charge in [-0.2, -0.15) is 0 Å². The predicted molar refractivity (Wildman–Crippen MR) is 358 cm³/mol. The summed E-state index contributed by atoms with van der Waals surface area (Å²) in [5.41, 5.74) is 0. The maximum atomic E-state index is 13.0. The van der Waals surface area contributed by atoms with E-state index < -0.39 is 97.5 Å². The standard InChI is InChI=1S/C70H136O17P2/c1-6-10-13-16-19-22-24-25-26-27-28-29-36-41-46-51-56-70(75)87-66(60-81-68(73)54-49-44-39-35-31-30-33-37-42-47-52-63(5)9-4)62-85-89(78,79)83-58-64(71)57-82-88(76,77)84-61-65(59-80-67(72)53-48-43-38-32-21-18-15-12-8-3)86-69(74)55-50-45-40-34-23-20-17-14-11-7-2/h63-66,71H,6-62H2,1-5H3,(H,76,77)(H,78,79)/t63?,64-,65+,66+/m0/s1. The molecule has 0 rings (SSSR count). The fraction of sp³-hybridized carbons (Fsp3) is 0.943. The zero-order valence-electron chi connectivity index (χ0n) is 57.6. The average molecular weight is 1310 g/mol. The van der Waals surface area contributed by atoms with Crippen molar-refractivity contribution < 1.29 is 80.2 Å². The number of carbonyl (C=O) groups excluding carboxylic acids is 4. The van der Waals surface area contributed by atoms with Gasteiger partial charge in [-0.3, -0.25) is 37.3 Å². The third-order valence-electron chi connectivity index (χ3n) is 16.6. The molecule has 0 aromatic rings. The van der Waals surface area contributed by atoms with Crippen molar-refractivity contribution in [1.29, 1.82) is 0 Å². The summed E-state index contributed by atoms with van der Waals surface area (Å²) >= 11 is 0. The fourth-order valence-corrected chi connectivity index (χ4v) is 12.2. The molecule has 0 saturated carbocycles. The lowest BCUT2D eigenvalue weighted by Gasteiger charge is -2.21. The molecule has 89 heavy (non-hydrogen) atoms. The summed E-state index contributed by atoms with van der Waals surface area (Å²) in [6.07, 6.45) is 49.8. The Morgan fingerprint density at radius 1 is 0.315 bits per heavy atom. The molecular formula is C70H136O17P2. The first-order valence-electron chi connectivity index (χ1n) is 36.7. The first-order valence-corrected chi connectivity index (χ1v) is 39.7. The lowest BCUT2D eigenvalue weighted by molar-refractivity contribution is -0.161. The highest BCUT2D eigenvalue weighted by Gasteiger charge is 2.30. The normalized spacial score (nSPS) is 14.4. The number of hydrogen-bond donors (Lipinski definition) is 3. The van der Waals surface area contributed by atoms with Gasteiger partial charge in [0.25, 0.3) is 0 Å². The Morgan fingerprint density at radius 3 is 0.798 bits per heavy atom. The molecule has 0 fully saturated rings. The van der Waals surface area contributed by atoms with Crippen LogP contribution in [0.4, 0.5) is 0 Å². The van der Waals surface area contributed by atoms with Gasteiger partial charge in [0, 0.05) is 25.7 Å². The molecule has 17 nitrogen and oxygen atoms in total. The van der Waals surface area contributed by atoms with Crippen molar-refractivity contribution in [3.05, 3.63) is 0 Å². The summed E-state index contributed by atoms with van der Waals surface area (Å²) in [7, 11) is -9.89. The lowest BCUT2D eigenvalue weighted by atomic mass is 9.99. The van der Waals surface area contributed by atoms with Crippen LogP contribution in [0.2, 0.25) is 0 Å². The lowest BCUT2D eigenvalue weighted by Crippen LogP contribution is -2.30. The predicted octanol–water partition coefficient (Wildman–Crippen LogP) is 20.1. The van der Waals surface area contributed by atoms with E-state index in [2.05, 4.69) is 34.6 Å². The molecule has 0 amide bonds. The highest BCUT2D eigenvalue weighted by Crippen LogP contribution is 2.45. The van der Waals surface area contributed by atoms with Gasteiger partial charge in [-0.1, -0.05) is 311 Å². The molecule has 0 aliphatic carbocycles. The van der Waals surface area contributed by atoms with Gasteiger partial charge in [-0.15, -0.1) is 0 Å². The number of hydrogen-bond acceptors (Lipinski definition) is 15. The van der Waals surface area contributed by atoms with Crippen molar-refractivity contribution in [2.75, 3.05) is 39.6 Å². The van der Waals surface area contributed by atoms with Gasteiger partial charge in [-0.25, -0.2) is 9.13 Å². The third kappa shape index (κ3) is 63.2. The van der Waals surface area contributed by atoms with Crippen molar-refractivity contribution >= 4 is 39.5 Å². The van der Waals surface area contributed by atoms with Crippen LogP contribution in [-0.2, 0) is 65.4 Å². The number of phosphoric acid groups is 2. The molecule has 528 valence electrons. The van der Waals surface area contributed by atoms with E-state index in [0.717, 1.165) is 95.8 Å². The second-order valence-corrected chi connectivity index (χ2v) is 28.4. The summed E-state index contributed by atoms with van der Waals surface area (Å²) in [5.74, 6) is -1.31. The third-order valence-corrected chi connectivity index (χ3v) is 18.5. The SMILES string of the molecule is CCCCCCCCCCCCCCCCCCC(=O)O[C@H](COC(=O)CCCCCCCCCCCCC(C)CC)COP(=O)(O)OC[C@@H](O)COP(=O)(O)OC[C@@H](COC(=O)CCCCCCCCCCC)OC(=O)CCCCCCCCCCCC. The van der Waals surface area contributed by atoms with Gasteiger partial charge < -0.3 is 33.8 Å². The van der Waals surface area contributed by atoms with E-state index in [1.54, 1.807) is 0 Å². The van der Waals surface area contributed by atoms with Crippen LogP contribution >= 0.6 is 15.6 Å². The zero-order valence-corrected chi connectivity index (χ0v) is 59.4. The second-order valence-electron chi connectivity index (χ2n) is 25.5. The Hall–Kier alpha value is -1.94. The van der Waals surface area contributed by atoms with Crippen LogP contribution in [0.5, 0.6) is 0 Å². The maximum Gasteiger partial charge on any atom is 0.472 e. The highest BCUT2D eigenvalue weighted by atomic mass is 31.2. The Balaban J connectivity index is 5.23. The maximum absolute atomic E-state index is 13.0. The molecule has 0 bridgehead atoms. The van der Waals surface area contributed by atoms with Crippen LogP contribution in [0.3, 0.4) is 0 Å². The molecule has 0 spiro atoms. The summed E-state index contributed by atoms with van der Waals surface area (Å²) in [4.78, 5) is 72.5. The monoisotopic (exact) mass is 1310 g/mol. The van der Waals surface area contributed by atoms with E-state index in [-0.39, 0.29) is 25.7 Å². The Kier molecular flexibility index (Phi) is 62.1. The zero-order chi connectivity index (χ0) is 65.6. The molecule has 6 atom stereocenters. The molecule has 3 N–H and O–H groups in total. The molecule has 0 saturated heterocycles. The van der Waals surface area contributed by atoms with E-state index in [4.69, 9.17) is 37.0 Å². The molecule has 0 aromatic carbocycles. The average Bonchev–Trinajstić information content (AvgIpc) is 3.73. The number of carbonyl (C=O) groups is 4. The molecular weight excluding hydrogens is 1170 g/mol. The summed E-state index contributed by atoms with van der Waals surface area (Å²) in [6.45, 7) is 7.26. The second kappa shape index (κ2) is 63.5. The number of aliphatic hydroxyl groups excluding tert-OH is 1. The van der Waals surface area contributed by atoms with Crippen LogP contribution < -0.4 is 0 Å². The molecule has 19 heteroatoms. The summed E-state index contributed by atoms with van der Waals surface area (Å²) in [6, 6.07) is 0. The van der Waals surface area contributed by atoms with E-state index in [9.17, 15) is 43.2 Å². The number of rotatable bonds is 70. The van der Waals surface area contributed by atoms with Crippen LogP contribution in [0.1, 0.15) is 362 Å². The minimum absolute atomic E-state index is 0.107. The molecule has 0 aliphatic heterocycles. The van der Waals surface area contributed by atoms with E-state index >= 15 is 0 Å². The minimum atomic E-state index is -4.95. The molecule has 0 radical (unpaired) electrons. The number of ether oxygens (including phenoxy) is 4. The van der Waals surface area contributed by atoms with Gasteiger partial charge in [-0.05, 0) is 31.6 Å². The van der Waals surface area contributed by atoms with Gasteiger partial charge in [0.1, 0.15) is 19.3 Å². The number of esters is 4. The number of aliphatic hydroxyl groups is 1. The van der Waals surface area contributed by atoms with Gasteiger partial charge in [0.05, 0.1) is 26.4 Å². The van der Waals surface area contributed by atoms with E-state index in [1.165, 1.54) is 186 Å².